The summed E-state index contributed by atoms with van der Waals surface area (Å²) in [7, 11) is -3.64. The normalized spacial score (nSPS) is 19.2. The Morgan fingerprint density at radius 1 is 1.14 bits per heavy atom. The number of carbonyl (C=O) groups is 1. The lowest BCUT2D eigenvalue weighted by molar-refractivity contribution is -0.114. The Bertz CT molecular complexity index is 990. The van der Waals surface area contributed by atoms with Crippen LogP contribution >= 0.6 is 0 Å². The lowest BCUT2D eigenvalue weighted by Crippen LogP contribution is -2.39. The molecule has 3 rings (SSSR count). The molecule has 2 aromatic rings. The number of nitrogens with zero attached hydrogens (tertiary/aromatic N) is 2. The maximum atomic E-state index is 12.6. The molecule has 1 fully saturated rings. The van der Waals surface area contributed by atoms with Crippen LogP contribution in [0.4, 0.5) is 5.69 Å². The molecule has 1 saturated carbocycles. The molecule has 1 aliphatic carbocycles. The Kier molecular flexibility index (Phi) is 6.46. The van der Waals surface area contributed by atoms with E-state index in [1.165, 1.54) is 25.3 Å². The number of sulfonamides is 1. The van der Waals surface area contributed by atoms with Gasteiger partial charge in [-0.05, 0) is 56.0 Å². The van der Waals surface area contributed by atoms with Crippen molar-refractivity contribution in [3.63, 3.8) is 0 Å². The first-order valence-corrected chi connectivity index (χ1v) is 10.8. The fourth-order valence-corrected chi connectivity index (χ4v) is 4.50. The second kappa shape index (κ2) is 9.03. The molecule has 0 saturated heterocycles. The Morgan fingerprint density at radius 3 is 2.38 bits per heavy atom. The van der Waals surface area contributed by atoms with Gasteiger partial charge in [0, 0.05) is 30.9 Å². The molecule has 0 unspecified atom stereocenters. The van der Waals surface area contributed by atoms with Crippen molar-refractivity contribution in [1.82, 2.24) is 9.71 Å². The van der Waals surface area contributed by atoms with Crippen molar-refractivity contribution in [1.29, 1.82) is 5.26 Å². The smallest absolute Gasteiger partial charge is 0.240 e. The van der Waals surface area contributed by atoms with E-state index < -0.39 is 10.0 Å². The van der Waals surface area contributed by atoms with E-state index in [9.17, 15) is 13.2 Å². The third-order valence-corrected chi connectivity index (χ3v) is 6.17. The Morgan fingerprint density at radius 2 is 1.83 bits per heavy atom. The number of carbonyl (C=O) groups excluding carboxylic acids is 1. The summed E-state index contributed by atoms with van der Waals surface area (Å²) in [6, 6.07) is 11.2. The number of rotatable bonds is 6. The number of aromatic nitrogens is 1. The lowest BCUT2D eigenvalue weighted by atomic mass is 9.94. The molecule has 1 aliphatic rings. The number of amides is 1. The highest BCUT2D eigenvalue weighted by Gasteiger charge is 2.27. The highest BCUT2D eigenvalue weighted by Crippen LogP contribution is 2.24. The molecule has 0 spiro atoms. The van der Waals surface area contributed by atoms with E-state index in [-0.39, 0.29) is 22.9 Å². The summed E-state index contributed by atoms with van der Waals surface area (Å²) in [5.74, 6) is 0.251. The summed E-state index contributed by atoms with van der Waals surface area (Å²) < 4.78 is 33.8. The zero-order valence-electron chi connectivity index (χ0n) is 16.0. The Hall–Kier alpha value is -2.96. The lowest BCUT2D eigenvalue weighted by Gasteiger charge is -2.29. The van der Waals surface area contributed by atoms with E-state index in [0.29, 0.717) is 42.8 Å². The highest BCUT2D eigenvalue weighted by atomic mass is 32.2. The molecule has 152 valence electrons. The quantitative estimate of drug-likeness (QED) is 0.749. The molecule has 1 aromatic carbocycles. The predicted molar refractivity (Wildman–Crippen MR) is 107 cm³/mol. The van der Waals surface area contributed by atoms with Crippen molar-refractivity contribution in [3.05, 3.63) is 48.2 Å². The van der Waals surface area contributed by atoms with Crippen LogP contribution in [-0.4, -0.2) is 31.5 Å². The van der Waals surface area contributed by atoms with Gasteiger partial charge in [0.2, 0.25) is 21.8 Å². The molecule has 9 heteroatoms. The largest absolute Gasteiger partial charge is 0.474 e. The topological polar surface area (TPSA) is 121 Å². The highest BCUT2D eigenvalue weighted by molar-refractivity contribution is 7.89. The molecule has 1 amide bonds. The van der Waals surface area contributed by atoms with E-state index in [1.807, 2.05) is 6.07 Å². The number of hydrogen-bond acceptors (Lipinski definition) is 6. The summed E-state index contributed by atoms with van der Waals surface area (Å²) in [5, 5.41) is 11.4. The van der Waals surface area contributed by atoms with Gasteiger partial charge in [-0.1, -0.05) is 0 Å². The Balaban J connectivity index is 1.52. The average Bonchev–Trinajstić information content (AvgIpc) is 2.70. The SMILES string of the molecule is CC(=O)Nc1ccc(S(=O)(=O)NC2CCC(Oc3ccc(C#N)cn3)CC2)cc1. The number of nitrogens with one attached hydrogen (secondary N) is 2. The van der Waals surface area contributed by atoms with Crippen LogP contribution in [0.1, 0.15) is 38.2 Å². The molecule has 0 bridgehead atoms. The van der Waals surface area contributed by atoms with Crippen molar-refractivity contribution in [2.45, 2.75) is 49.6 Å². The number of nitriles is 1. The summed E-state index contributed by atoms with van der Waals surface area (Å²) in [6.07, 6.45) is 4.15. The molecule has 0 aliphatic heterocycles. The second-order valence-electron chi connectivity index (χ2n) is 6.92. The van der Waals surface area contributed by atoms with E-state index in [0.717, 1.165) is 0 Å². The number of anilines is 1. The van der Waals surface area contributed by atoms with Gasteiger partial charge in [-0.3, -0.25) is 4.79 Å². The van der Waals surface area contributed by atoms with E-state index in [2.05, 4.69) is 15.0 Å². The zero-order chi connectivity index (χ0) is 20.9. The minimum atomic E-state index is -3.64. The van der Waals surface area contributed by atoms with Crippen molar-refractivity contribution in [2.24, 2.45) is 0 Å². The van der Waals surface area contributed by atoms with Gasteiger partial charge >= 0.3 is 0 Å². The van der Waals surface area contributed by atoms with Crippen molar-refractivity contribution in [3.8, 4) is 11.9 Å². The number of ether oxygens (including phenoxy) is 1. The van der Waals surface area contributed by atoms with Gasteiger partial charge < -0.3 is 10.1 Å². The van der Waals surface area contributed by atoms with E-state index in [1.54, 1.807) is 24.3 Å². The third-order valence-electron chi connectivity index (χ3n) is 4.63. The van der Waals surface area contributed by atoms with Crippen LogP contribution in [0.5, 0.6) is 5.88 Å². The Labute approximate surface area is 170 Å². The van der Waals surface area contributed by atoms with Gasteiger partial charge in [-0.15, -0.1) is 0 Å². The summed E-state index contributed by atoms with van der Waals surface area (Å²) in [5.41, 5.74) is 1.02. The molecule has 1 heterocycles. The van der Waals surface area contributed by atoms with Crippen molar-refractivity contribution >= 4 is 21.6 Å². The molecule has 8 nitrogen and oxygen atoms in total. The maximum absolute atomic E-state index is 12.6. The fourth-order valence-electron chi connectivity index (χ4n) is 3.19. The minimum absolute atomic E-state index is 0.0341. The molecule has 29 heavy (non-hydrogen) atoms. The molecule has 2 N–H and O–H groups in total. The van der Waals surface area contributed by atoms with Gasteiger partial charge in [0.1, 0.15) is 12.2 Å². The van der Waals surface area contributed by atoms with E-state index in [4.69, 9.17) is 10.00 Å². The summed E-state index contributed by atoms with van der Waals surface area (Å²) in [4.78, 5) is 15.3. The summed E-state index contributed by atoms with van der Waals surface area (Å²) >= 11 is 0. The van der Waals surface area contributed by atoms with Crippen LogP contribution in [0.15, 0.2) is 47.5 Å². The van der Waals surface area contributed by atoms with Gasteiger partial charge in [0.15, 0.2) is 0 Å². The van der Waals surface area contributed by atoms with Crippen LogP contribution in [0.2, 0.25) is 0 Å². The van der Waals surface area contributed by atoms with Crippen LogP contribution in [0.25, 0.3) is 0 Å². The van der Waals surface area contributed by atoms with Gasteiger partial charge in [0.25, 0.3) is 0 Å². The monoisotopic (exact) mass is 414 g/mol. The number of hydrogen-bond donors (Lipinski definition) is 2. The van der Waals surface area contributed by atoms with Crippen molar-refractivity contribution in [2.75, 3.05) is 5.32 Å². The first-order valence-electron chi connectivity index (χ1n) is 9.28. The first-order chi connectivity index (χ1) is 13.9. The average molecular weight is 414 g/mol. The van der Waals surface area contributed by atoms with Crippen molar-refractivity contribution < 1.29 is 17.9 Å². The standard InChI is InChI=1S/C20H22N4O4S/c1-14(25)23-16-5-9-19(10-6-16)29(26,27)24-17-3-7-18(8-4-17)28-20-11-2-15(12-21)13-22-20/h2,5-6,9-11,13,17-18,24H,3-4,7-8H2,1H3,(H,23,25). The molecule has 1 aromatic heterocycles. The molecule has 0 radical (unpaired) electrons. The summed E-state index contributed by atoms with van der Waals surface area (Å²) in [6.45, 7) is 1.39. The van der Waals surface area contributed by atoms with Crippen LogP contribution in [0, 0.1) is 11.3 Å². The fraction of sp³-hybridized carbons (Fsp3) is 0.350. The maximum Gasteiger partial charge on any atom is 0.240 e. The van der Waals surface area contributed by atoms with E-state index >= 15 is 0 Å². The number of benzene rings is 1. The van der Waals surface area contributed by atoms with Crippen LogP contribution in [-0.2, 0) is 14.8 Å². The van der Waals surface area contributed by atoms with Gasteiger partial charge in [0.05, 0.1) is 10.5 Å². The van der Waals surface area contributed by atoms with Crippen LogP contribution < -0.4 is 14.8 Å². The first kappa shape index (κ1) is 20.8. The molecule has 0 atom stereocenters. The van der Waals surface area contributed by atoms with Gasteiger partial charge in [-0.25, -0.2) is 18.1 Å². The van der Waals surface area contributed by atoms with Crippen LogP contribution in [0.3, 0.4) is 0 Å². The number of pyridine rings is 1. The predicted octanol–water partition coefficient (Wildman–Crippen LogP) is 2.58. The molecular weight excluding hydrogens is 392 g/mol. The zero-order valence-corrected chi connectivity index (χ0v) is 16.8. The second-order valence-corrected chi connectivity index (χ2v) is 8.63. The minimum Gasteiger partial charge on any atom is -0.474 e. The molecular formula is C20H22N4O4S. The van der Waals surface area contributed by atoms with Gasteiger partial charge in [-0.2, -0.15) is 5.26 Å². The third kappa shape index (κ3) is 5.76.